The molecule has 16 heavy (non-hydrogen) atoms. The molecule has 5 heteroatoms. The third-order valence-electron chi connectivity index (χ3n) is 2.49. The zero-order valence-corrected chi connectivity index (χ0v) is 9.59. The zero-order valence-electron chi connectivity index (χ0n) is 8.84. The van der Waals surface area contributed by atoms with Gasteiger partial charge < -0.3 is 10.8 Å². The molecule has 0 saturated carbocycles. The predicted molar refractivity (Wildman–Crippen MR) is 60.2 cm³/mol. The molecule has 0 aliphatic heterocycles. The van der Waals surface area contributed by atoms with E-state index in [2.05, 4.69) is 0 Å². The van der Waals surface area contributed by atoms with Crippen molar-refractivity contribution in [2.24, 2.45) is 5.73 Å². The molecule has 0 aromatic heterocycles. The van der Waals surface area contributed by atoms with Crippen molar-refractivity contribution in [3.63, 3.8) is 0 Å². The first-order valence-corrected chi connectivity index (χ1v) is 5.21. The quantitative estimate of drug-likeness (QED) is 0.856. The van der Waals surface area contributed by atoms with Crippen molar-refractivity contribution in [1.29, 1.82) is 0 Å². The Kier molecular flexibility index (Phi) is 4.26. The summed E-state index contributed by atoms with van der Waals surface area (Å²) in [5, 5.41) is 9.01. The van der Waals surface area contributed by atoms with Gasteiger partial charge in [-0.3, -0.25) is 4.79 Å². The van der Waals surface area contributed by atoms with E-state index in [1.54, 1.807) is 6.92 Å². The zero-order chi connectivity index (χ0) is 12.3. The molecule has 0 saturated heterocycles. The Labute approximate surface area is 98.0 Å². The molecule has 0 fully saturated rings. The number of carboxylic acids is 1. The molecule has 0 aliphatic carbocycles. The van der Waals surface area contributed by atoms with Crippen LogP contribution >= 0.6 is 11.6 Å². The predicted octanol–water partition coefficient (Wildman–Crippen LogP) is 2.30. The molecule has 1 aromatic carbocycles. The highest BCUT2D eigenvalue weighted by molar-refractivity contribution is 6.31. The number of hydrogen-bond donors (Lipinski definition) is 2. The van der Waals surface area contributed by atoms with Gasteiger partial charge in [-0.1, -0.05) is 11.6 Å². The van der Waals surface area contributed by atoms with Crippen molar-refractivity contribution >= 4 is 17.6 Å². The standard InChI is InChI=1S/C11H13ClFNO2/c1-6-9(3-8(13)4-10(6)12)7(5-14)2-11(15)16/h3-4,7H,2,5,14H2,1H3,(H,15,16). The maximum atomic E-state index is 13.2. The molecule has 1 atom stereocenters. The first-order chi connectivity index (χ1) is 7.45. The van der Waals surface area contributed by atoms with Crippen molar-refractivity contribution in [3.8, 4) is 0 Å². The lowest BCUT2D eigenvalue weighted by molar-refractivity contribution is -0.137. The van der Waals surface area contributed by atoms with Crippen LogP contribution < -0.4 is 5.73 Å². The third-order valence-corrected chi connectivity index (χ3v) is 2.89. The average molecular weight is 246 g/mol. The molecule has 1 rings (SSSR count). The average Bonchev–Trinajstić information content (AvgIpc) is 2.20. The lowest BCUT2D eigenvalue weighted by atomic mass is 9.92. The topological polar surface area (TPSA) is 63.3 Å². The van der Waals surface area contributed by atoms with Crippen LogP contribution in [-0.2, 0) is 4.79 Å². The van der Waals surface area contributed by atoms with Crippen LogP contribution in [0.15, 0.2) is 12.1 Å². The van der Waals surface area contributed by atoms with Crippen molar-refractivity contribution in [2.75, 3.05) is 6.54 Å². The number of aliphatic carboxylic acids is 1. The number of nitrogens with two attached hydrogens (primary N) is 1. The second kappa shape index (κ2) is 5.27. The Hall–Kier alpha value is -1.13. The van der Waals surface area contributed by atoms with Crippen molar-refractivity contribution < 1.29 is 14.3 Å². The smallest absolute Gasteiger partial charge is 0.304 e. The van der Waals surface area contributed by atoms with Gasteiger partial charge in [0.1, 0.15) is 5.82 Å². The van der Waals surface area contributed by atoms with Crippen LogP contribution in [0.25, 0.3) is 0 Å². The molecular formula is C11H13ClFNO2. The van der Waals surface area contributed by atoms with Crippen LogP contribution in [0.5, 0.6) is 0 Å². The lowest BCUT2D eigenvalue weighted by Crippen LogP contribution is -2.17. The summed E-state index contributed by atoms with van der Waals surface area (Å²) in [4.78, 5) is 10.6. The molecule has 1 aromatic rings. The van der Waals surface area contributed by atoms with Crippen molar-refractivity contribution in [1.82, 2.24) is 0 Å². The summed E-state index contributed by atoms with van der Waals surface area (Å²) < 4.78 is 13.2. The van der Waals surface area contributed by atoms with E-state index >= 15 is 0 Å². The second-order valence-electron chi connectivity index (χ2n) is 3.63. The minimum absolute atomic E-state index is 0.128. The normalized spacial score (nSPS) is 12.5. The fraction of sp³-hybridized carbons (Fsp3) is 0.364. The van der Waals surface area contributed by atoms with Gasteiger partial charge in [-0.05, 0) is 36.7 Å². The van der Waals surface area contributed by atoms with E-state index in [0.29, 0.717) is 16.1 Å². The fourth-order valence-corrected chi connectivity index (χ4v) is 1.83. The molecule has 0 heterocycles. The van der Waals surface area contributed by atoms with Gasteiger partial charge in [0, 0.05) is 10.9 Å². The van der Waals surface area contributed by atoms with E-state index in [4.69, 9.17) is 22.4 Å². The lowest BCUT2D eigenvalue weighted by Gasteiger charge is -2.16. The minimum atomic E-state index is -0.963. The van der Waals surface area contributed by atoms with Gasteiger partial charge in [0.25, 0.3) is 0 Å². The summed E-state index contributed by atoms with van der Waals surface area (Å²) in [6.45, 7) is 1.87. The summed E-state index contributed by atoms with van der Waals surface area (Å²) in [5.74, 6) is -1.85. The summed E-state index contributed by atoms with van der Waals surface area (Å²) >= 11 is 5.83. The maximum Gasteiger partial charge on any atom is 0.304 e. The highest BCUT2D eigenvalue weighted by Gasteiger charge is 2.18. The van der Waals surface area contributed by atoms with Crippen LogP contribution in [0.1, 0.15) is 23.5 Å². The van der Waals surface area contributed by atoms with Gasteiger partial charge in [-0.2, -0.15) is 0 Å². The van der Waals surface area contributed by atoms with E-state index in [-0.39, 0.29) is 13.0 Å². The number of carboxylic acid groups (broad SMARTS) is 1. The highest BCUT2D eigenvalue weighted by Crippen LogP contribution is 2.28. The van der Waals surface area contributed by atoms with Crippen molar-refractivity contribution in [2.45, 2.75) is 19.3 Å². The van der Waals surface area contributed by atoms with E-state index in [9.17, 15) is 9.18 Å². The molecule has 0 bridgehead atoms. The Morgan fingerprint density at radius 3 is 2.75 bits per heavy atom. The number of halogens is 2. The molecule has 0 aliphatic rings. The molecular weight excluding hydrogens is 233 g/mol. The van der Waals surface area contributed by atoms with Gasteiger partial charge >= 0.3 is 5.97 Å². The first kappa shape index (κ1) is 12.9. The molecule has 88 valence electrons. The molecule has 0 spiro atoms. The van der Waals surface area contributed by atoms with Gasteiger partial charge in [0.2, 0.25) is 0 Å². The number of carbonyl (C=O) groups is 1. The Morgan fingerprint density at radius 1 is 1.62 bits per heavy atom. The van der Waals surface area contributed by atoms with Crippen LogP contribution in [0.3, 0.4) is 0 Å². The van der Waals surface area contributed by atoms with Gasteiger partial charge in [-0.25, -0.2) is 4.39 Å². The van der Waals surface area contributed by atoms with Crippen LogP contribution in [0.2, 0.25) is 5.02 Å². The number of benzene rings is 1. The summed E-state index contributed by atoms with van der Waals surface area (Å²) in [7, 11) is 0. The molecule has 3 nitrogen and oxygen atoms in total. The van der Waals surface area contributed by atoms with Gasteiger partial charge in [0.05, 0.1) is 6.42 Å². The minimum Gasteiger partial charge on any atom is -0.481 e. The summed E-state index contributed by atoms with van der Waals surface area (Å²) in [6, 6.07) is 2.50. The van der Waals surface area contributed by atoms with Crippen LogP contribution in [-0.4, -0.2) is 17.6 Å². The van der Waals surface area contributed by atoms with Gasteiger partial charge in [-0.15, -0.1) is 0 Å². The summed E-state index contributed by atoms with van der Waals surface area (Å²) in [5.41, 5.74) is 6.74. The molecule has 1 unspecified atom stereocenters. The van der Waals surface area contributed by atoms with E-state index in [1.165, 1.54) is 12.1 Å². The Morgan fingerprint density at radius 2 is 2.25 bits per heavy atom. The number of hydrogen-bond acceptors (Lipinski definition) is 2. The second-order valence-corrected chi connectivity index (χ2v) is 4.04. The molecule has 3 N–H and O–H groups in total. The maximum absolute atomic E-state index is 13.2. The third kappa shape index (κ3) is 2.93. The van der Waals surface area contributed by atoms with E-state index in [1.807, 2.05) is 0 Å². The molecule has 0 amide bonds. The first-order valence-electron chi connectivity index (χ1n) is 4.83. The van der Waals surface area contributed by atoms with Crippen molar-refractivity contribution in [3.05, 3.63) is 34.1 Å². The molecule has 0 radical (unpaired) electrons. The Bertz CT molecular complexity index is 409. The fourth-order valence-electron chi connectivity index (χ4n) is 1.62. The highest BCUT2D eigenvalue weighted by atomic mass is 35.5. The Balaban J connectivity index is 3.13. The largest absolute Gasteiger partial charge is 0.481 e. The van der Waals surface area contributed by atoms with Crippen LogP contribution in [0, 0.1) is 12.7 Å². The van der Waals surface area contributed by atoms with Gasteiger partial charge in [0.15, 0.2) is 0 Å². The van der Waals surface area contributed by atoms with Crippen LogP contribution in [0.4, 0.5) is 4.39 Å². The van der Waals surface area contributed by atoms with E-state index < -0.39 is 17.7 Å². The summed E-state index contributed by atoms with van der Waals surface area (Å²) in [6.07, 6.45) is -0.128. The van der Waals surface area contributed by atoms with E-state index in [0.717, 1.165) is 0 Å². The monoisotopic (exact) mass is 245 g/mol. The SMILES string of the molecule is Cc1c(Cl)cc(F)cc1C(CN)CC(=O)O. The number of rotatable bonds is 4.